The first kappa shape index (κ1) is 15.9. The van der Waals surface area contributed by atoms with E-state index in [2.05, 4.69) is 25.7 Å². The molecule has 114 valence electrons. The highest BCUT2D eigenvalue weighted by atomic mass is 19.1. The van der Waals surface area contributed by atoms with Crippen LogP contribution in [-0.2, 0) is 0 Å². The van der Waals surface area contributed by atoms with Crippen LogP contribution in [0, 0.1) is 29.5 Å². The van der Waals surface area contributed by atoms with Gasteiger partial charge in [-0.25, -0.2) is 4.39 Å². The fraction of sp³-hybridized carbons (Fsp3) is 0.556. The number of rotatable bonds is 3. The number of halogens is 1. The van der Waals surface area contributed by atoms with Crippen LogP contribution in [0.1, 0.15) is 45.1 Å². The van der Waals surface area contributed by atoms with Crippen molar-refractivity contribution in [2.75, 3.05) is 6.61 Å². The predicted molar refractivity (Wildman–Crippen MR) is 81.6 cm³/mol. The monoisotopic (exact) mass is 290 g/mol. The molecule has 0 radical (unpaired) electrons. The molecule has 0 bridgehead atoms. The lowest BCUT2D eigenvalue weighted by Crippen LogP contribution is -2.28. The molecule has 1 aliphatic carbocycles. The molecule has 0 amide bonds. The molecule has 0 aliphatic heterocycles. The third-order valence-electron chi connectivity index (χ3n) is 3.83. The van der Waals surface area contributed by atoms with Gasteiger partial charge in [0.15, 0.2) is 0 Å². The van der Waals surface area contributed by atoms with E-state index >= 15 is 0 Å². The molecular formula is C18H23FO2. The fourth-order valence-corrected chi connectivity index (χ4v) is 3.07. The van der Waals surface area contributed by atoms with Crippen molar-refractivity contribution in [2.45, 2.75) is 45.6 Å². The summed E-state index contributed by atoms with van der Waals surface area (Å²) in [6.45, 7) is 4.51. The molecule has 0 spiro atoms. The second-order valence-electron chi connectivity index (χ2n) is 6.07. The molecule has 2 nitrogen and oxygen atoms in total. The molecule has 2 unspecified atom stereocenters. The maximum absolute atomic E-state index is 13.4. The van der Waals surface area contributed by atoms with Crippen molar-refractivity contribution >= 4 is 0 Å². The second kappa shape index (κ2) is 7.47. The smallest absolute Gasteiger partial charge is 0.135 e. The second-order valence-corrected chi connectivity index (χ2v) is 6.07. The number of benzene rings is 1. The van der Waals surface area contributed by atoms with E-state index in [1.807, 2.05) is 0 Å². The van der Waals surface area contributed by atoms with Gasteiger partial charge in [0.05, 0.1) is 18.3 Å². The lowest BCUT2D eigenvalue weighted by Gasteiger charge is -2.32. The zero-order chi connectivity index (χ0) is 15.2. The summed E-state index contributed by atoms with van der Waals surface area (Å²) >= 11 is 0. The Bertz CT molecular complexity index is 520. The van der Waals surface area contributed by atoms with E-state index in [-0.39, 0.29) is 18.5 Å². The maximum Gasteiger partial charge on any atom is 0.135 e. The average Bonchev–Trinajstić information content (AvgIpc) is 2.41. The summed E-state index contributed by atoms with van der Waals surface area (Å²) in [4.78, 5) is 0. The van der Waals surface area contributed by atoms with Crippen LogP contribution in [0.5, 0.6) is 5.75 Å². The Balaban J connectivity index is 2.14. The van der Waals surface area contributed by atoms with Gasteiger partial charge in [-0.05, 0) is 49.3 Å². The van der Waals surface area contributed by atoms with Crippen LogP contribution >= 0.6 is 0 Å². The van der Waals surface area contributed by atoms with Crippen molar-refractivity contribution in [1.82, 2.24) is 0 Å². The minimum absolute atomic E-state index is 0.0101. The van der Waals surface area contributed by atoms with E-state index in [0.717, 1.165) is 12.8 Å². The van der Waals surface area contributed by atoms with Gasteiger partial charge in [-0.2, -0.15) is 0 Å². The third-order valence-corrected chi connectivity index (χ3v) is 3.83. The van der Waals surface area contributed by atoms with Crippen LogP contribution in [0.3, 0.4) is 0 Å². The standard InChI is InChI=1S/C18H23FO2/c1-13-9-14(2)11-17(10-13)21-18-7-6-16(19)12-15(18)5-3-4-8-20/h6-7,12-14,17,20H,4,8-11H2,1-2H3. The summed E-state index contributed by atoms with van der Waals surface area (Å²) < 4.78 is 19.5. The van der Waals surface area contributed by atoms with Crippen molar-refractivity contribution < 1.29 is 14.2 Å². The maximum atomic E-state index is 13.4. The Kier molecular flexibility index (Phi) is 5.64. The largest absolute Gasteiger partial charge is 0.489 e. The Morgan fingerprint density at radius 1 is 1.24 bits per heavy atom. The first-order chi connectivity index (χ1) is 10.1. The van der Waals surface area contributed by atoms with Gasteiger partial charge in [-0.3, -0.25) is 0 Å². The molecule has 1 fully saturated rings. The molecule has 1 aliphatic rings. The summed E-state index contributed by atoms with van der Waals surface area (Å²) in [5.41, 5.74) is 0.564. The van der Waals surface area contributed by atoms with Gasteiger partial charge in [0.1, 0.15) is 11.6 Å². The summed E-state index contributed by atoms with van der Waals surface area (Å²) in [6.07, 6.45) is 3.86. The zero-order valence-electron chi connectivity index (χ0n) is 12.7. The topological polar surface area (TPSA) is 29.5 Å². The van der Waals surface area contributed by atoms with Crippen molar-refractivity contribution in [3.63, 3.8) is 0 Å². The van der Waals surface area contributed by atoms with E-state index in [1.54, 1.807) is 6.07 Å². The van der Waals surface area contributed by atoms with Gasteiger partial charge in [0, 0.05) is 6.42 Å². The molecule has 21 heavy (non-hydrogen) atoms. The minimum atomic E-state index is -0.318. The number of hydrogen-bond donors (Lipinski definition) is 1. The summed E-state index contributed by atoms with van der Waals surface area (Å²) in [7, 11) is 0. The highest BCUT2D eigenvalue weighted by Gasteiger charge is 2.25. The molecule has 0 aromatic heterocycles. The van der Waals surface area contributed by atoms with E-state index in [0.29, 0.717) is 29.6 Å². The first-order valence-corrected chi connectivity index (χ1v) is 7.64. The van der Waals surface area contributed by atoms with Crippen LogP contribution in [0.15, 0.2) is 18.2 Å². The van der Waals surface area contributed by atoms with E-state index in [1.165, 1.54) is 18.6 Å². The lowest BCUT2D eigenvalue weighted by atomic mass is 9.82. The number of ether oxygens (including phenoxy) is 1. The average molecular weight is 290 g/mol. The van der Waals surface area contributed by atoms with Crippen molar-refractivity contribution in [3.8, 4) is 17.6 Å². The number of aliphatic hydroxyl groups is 1. The molecule has 1 aromatic rings. The van der Waals surface area contributed by atoms with E-state index in [9.17, 15) is 4.39 Å². The Labute approximate surface area is 126 Å². The highest BCUT2D eigenvalue weighted by Crippen LogP contribution is 2.32. The Hall–Kier alpha value is -1.53. The third kappa shape index (κ3) is 4.75. The van der Waals surface area contributed by atoms with Crippen LogP contribution in [0.4, 0.5) is 4.39 Å². The van der Waals surface area contributed by atoms with Crippen molar-refractivity contribution in [1.29, 1.82) is 0 Å². The van der Waals surface area contributed by atoms with Crippen molar-refractivity contribution in [2.24, 2.45) is 11.8 Å². The summed E-state index contributed by atoms with van der Waals surface area (Å²) in [5.74, 6) is 7.36. The first-order valence-electron chi connectivity index (χ1n) is 7.64. The quantitative estimate of drug-likeness (QED) is 0.859. The van der Waals surface area contributed by atoms with Crippen LogP contribution < -0.4 is 4.74 Å². The molecule has 3 heteroatoms. The normalized spacial score (nSPS) is 25.0. The van der Waals surface area contributed by atoms with Gasteiger partial charge in [0.25, 0.3) is 0 Å². The molecule has 2 rings (SSSR count). The summed E-state index contributed by atoms with van der Waals surface area (Å²) in [5, 5.41) is 8.78. The SMILES string of the molecule is CC1CC(C)CC(Oc2ccc(F)cc2C#CCCO)C1. The molecule has 1 N–H and O–H groups in total. The lowest BCUT2D eigenvalue weighted by molar-refractivity contribution is 0.101. The molecule has 2 atom stereocenters. The van der Waals surface area contributed by atoms with Gasteiger partial charge in [-0.15, -0.1) is 0 Å². The molecule has 1 saturated carbocycles. The molecule has 0 heterocycles. The number of hydrogen-bond acceptors (Lipinski definition) is 2. The predicted octanol–water partition coefficient (Wildman–Crippen LogP) is 3.76. The van der Waals surface area contributed by atoms with Gasteiger partial charge < -0.3 is 9.84 Å². The Morgan fingerprint density at radius 2 is 1.95 bits per heavy atom. The van der Waals surface area contributed by atoms with Gasteiger partial charge >= 0.3 is 0 Å². The van der Waals surface area contributed by atoms with Crippen LogP contribution in [0.25, 0.3) is 0 Å². The zero-order valence-corrected chi connectivity index (χ0v) is 12.7. The van der Waals surface area contributed by atoms with E-state index in [4.69, 9.17) is 9.84 Å². The molecular weight excluding hydrogens is 267 g/mol. The molecule has 0 saturated heterocycles. The van der Waals surface area contributed by atoms with Gasteiger partial charge in [-0.1, -0.05) is 25.7 Å². The Morgan fingerprint density at radius 3 is 2.62 bits per heavy atom. The minimum Gasteiger partial charge on any atom is -0.489 e. The van der Waals surface area contributed by atoms with Crippen LogP contribution in [0.2, 0.25) is 0 Å². The fourth-order valence-electron chi connectivity index (χ4n) is 3.07. The number of aliphatic hydroxyl groups excluding tert-OH is 1. The van der Waals surface area contributed by atoms with Crippen molar-refractivity contribution in [3.05, 3.63) is 29.6 Å². The van der Waals surface area contributed by atoms with Crippen LogP contribution in [-0.4, -0.2) is 17.8 Å². The van der Waals surface area contributed by atoms with Gasteiger partial charge in [0.2, 0.25) is 0 Å². The molecule has 1 aromatic carbocycles. The van der Waals surface area contributed by atoms with E-state index < -0.39 is 0 Å². The highest BCUT2D eigenvalue weighted by molar-refractivity contribution is 5.46. The summed E-state index contributed by atoms with van der Waals surface area (Å²) in [6, 6.07) is 4.46.